The Morgan fingerprint density at radius 2 is 1.50 bits per heavy atom. The van der Waals surface area contributed by atoms with Crippen molar-refractivity contribution in [3.63, 3.8) is 0 Å². The van der Waals surface area contributed by atoms with Gasteiger partial charge in [-0.25, -0.2) is 0 Å². The van der Waals surface area contributed by atoms with Gasteiger partial charge in [0.05, 0.1) is 15.0 Å². The Bertz CT molecular complexity index is 845. The van der Waals surface area contributed by atoms with Crippen LogP contribution in [0.4, 0.5) is 0 Å². The van der Waals surface area contributed by atoms with Gasteiger partial charge in [-0.15, -0.1) is 0 Å². The van der Waals surface area contributed by atoms with Crippen LogP contribution in [0.15, 0.2) is 60.8 Å². The van der Waals surface area contributed by atoms with Gasteiger partial charge in [0.1, 0.15) is 0 Å². The molecule has 2 nitrogen and oxygen atoms in total. The molecular weight excluding hydrogens is 641 g/mol. The van der Waals surface area contributed by atoms with E-state index in [9.17, 15) is 4.79 Å². The molecule has 0 N–H and O–H groups in total. The number of allylic oxidation sites excluding steroid dienone is 9. The fraction of sp³-hybridized carbons (Fsp3) is 0.657. The molecule has 2 aliphatic rings. The summed E-state index contributed by atoms with van der Waals surface area (Å²) in [5.74, 6) is 3.72. The van der Waals surface area contributed by atoms with E-state index in [2.05, 4.69) is 116 Å². The number of hydrogen-bond donors (Lipinski definition) is 0. The molecule has 0 bridgehead atoms. The van der Waals surface area contributed by atoms with Crippen molar-refractivity contribution in [2.45, 2.75) is 114 Å². The summed E-state index contributed by atoms with van der Waals surface area (Å²) in [6, 6.07) is 0.0167. The van der Waals surface area contributed by atoms with Crippen LogP contribution in [0.25, 0.3) is 0 Å². The quantitative estimate of drug-likeness (QED) is 0.0392. The standard InChI is InChI=1S/C35H54INOS2/c1-4-5-6-11-20-27-40-28-21-12-9-7-8-10-19-26-33(38)37(29-39)34(30(2)3)35(36,31-22-15-13-16-23-31)32-24-17-14-18-25-32/h10,13-19,22,24,29-32,34H,4-9,11-12,20-21,23,25-28H2,1-3H3/b19-10+/t31-,32?,34-,35?/m0/s1. The predicted molar refractivity (Wildman–Crippen MR) is 192 cm³/mol. The molecule has 224 valence electrons. The minimum Gasteiger partial charge on any atom is -0.304 e. The van der Waals surface area contributed by atoms with Gasteiger partial charge in [0, 0.05) is 6.42 Å². The van der Waals surface area contributed by atoms with E-state index in [0.29, 0.717) is 18.3 Å². The molecule has 0 radical (unpaired) electrons. The average Bonchev–Trinajstić information content (AvgIpc) is 2.98. The topological polar surface area (TPSA) is 20.3 Å². The molecule has 2 aliphatic carbocycles. The summed E-state index contributed by atoms with van der Waals surface area (Å²) in [5.41, 5.74) is 1.63. The third kappa shape index (κ3) is 11.9. The molecule has 2 rings (SSSR count). The van der Waals surface area contributed by atoms with Crippen molar-refractivity contribution in [3.05, 3.63) is 60.8 Å². The van der Waals surface area contributed by atoms with E-state index in [1.807, 2.05) is 4.90 Å². The first-order valence-electron chi connectivity index (χ1n) is 15.8. The lowest BCUT2D eigenvalue weighted by Crippen LogP contribution is -2.59. The van der Waals surface area contributed by atoms with Crippen LogP contribution < -0.4 is 0 Å². The second kappa shape index (κ2) is 21.1. The molecule has 0 heterocycles. The minimum atomic E-state index is -0.156. The monoisotopic (exact) mass is 695 g/mol. The van der Waals surface area contributed by atoms with Crippen LogP contribution in [-0.4, -0.2) is 37.3 Å². The lowest BCUT2D eigenvalue weighted by molar-refractivity contribution is -0.129. The SMILES string of the molecule is CCCCCCCSCCCCCC/C=C/CC(=O)N(C=S)[C@@H](C(C)C)C(I)(C1C=CC=CC1)[C@H]1C=CC=CC1. The van der Waals surface area contributed by atoms with Gasteiger partial charge >= 0.3 is 0 Å². The summed E-state index contributed by atoms with van der Waals surface area (Å²) in [6.45, 7) is 6.76. The first kappa shape index (κ1) is 35.5. The van der Waals surface area contributed by atoms with E-state index in [-0.39, 0.29) is 21.3 Å². The summed E-state index contributed by atoms with van der Waals surface area (Å²) in [4.78, 5) is 15.5. The van der Waals surface area contributed by atoms with E-state index in [0.717, 1.165) is 19.3 Å². The van der Waals surface area contributed by atoms with Crippen LogP contribution in [0.3, 0.4) is 0 Å². The molecule has 40 heavy (non-hydrogen) atoms. The molecule has 0 aromatic carbocycles. The Kier molecular flexibility index (Phi) is 18.7. The van der Waals surface area contributed by atoms with Crippen LogP contribution in [0, 0.1) is 17.8 Å². The Balaban J connectivity index is 1.83. The normalized spacial score (nSPS) is 20.7. The second-order valence-electron chi connectivity index (χ2n) is 11.6. The molecule has 5 heteroatoms. The van der Waals surface area contributed by atoms with Crippen molar-refractivity contribution in [1.82, 2.24) is 4.90 Å². The van der Waals surface area contributed by atoms with Crippen LogP contribution in [0.5, 0.6) is 0 Å². The maximum atomic E-state index is 13.6. The summed E-state index contributed by atoms with van der Waals surface area (Å²) in [5, 5.41) is 0. The van der Waals surface area contributed by atoms with Gasteiger partial charge in [-0.2, -0.15) is 11.8 Å². The number of thiocarbonyl (C=S) groups is 1. The Morgan fingerprint density at radius 1 is 0.925 bits per heavy atom. The molecule has 2 unspecified atom stereocenters. The maximum Gasteiger partial charge on any atom is 0.231 e. The van der Waals surface area contributed by atoms with Crippen molar-refractivity contribution in [1.29, 1.82) is 0 Å². The van der Waals surface area contributed by atoms with E-state index in [1.54, 1.807) is 5.49 Å². The van der Waals surface area contributed by atoms with Gasteiger partial charge in [-0.3, -0.25) is 4.79 Å². The molecule has 0 aliphatic heterocycles. The van der Waals surface area contributed by atoms with Gasteiger partial charge < -0.3 is 4.90 Å². The predicted octanol–water partition coefficient (Wildman–Crippen LogP) is 10.8. The Hall–Kier alpha value is -0.660. The summed E-state index contributed by atoms with van der Waals surface area (Å²) in [6.07, 6.45) is 37.6. The highest BCUT2D eigenvalue weighted by Gasteiger charge is 2.51. The van der Waals surface area contributed by atoms with Gasteiger partial charge in [0.15, 0.2) is 0 Å². The number of amides is 1. The molecule has 0 saturated carbocycles. The summed E-state index contributed by atoms with van der Waals surface area (Å²) >= 11 is 10.3. The smallest absolute Gasteiger partial charge is 0.231 e. The molecule has 1 amide bonds. The highest BCUT2D eigenvalue weighted by molar-refractivity contribution is 14.1. The van der Waals surface area contributed by atoms with E-state index < -0.39 is 0 Å². The second-order valence-corrected chi connectivity index (χ2v) is 14.9. The Labute approximate surface area is 269 Å². The number of thioether (sulfide) groups is 1. The molecular formula is C35H54INOS2. The molecule has 0 aromatic heterocycles. The number of carbonyl (C=O) groups excluding carboxylic acids is 1. The molecule has 0 saturated heterocycles. The molecule has 4 atom stereocenters. The number of hydrogen-bond acceptors (Lipinski definition) is 3. The fourth-order valence-electron chi connectivity index (χ4n) is 5.99. The highest BCUT2D eigenvalue weighted by atomic mass is 127. The van der Waals surface area contributed by atoms with Gasteiger partial charge in [0.25, 0.3) is 0 Å². The molecule has 0 spiro atoms. The van der Waals surface area contributed by atoms with Gasteiger partial charge in [0.2, 0.25) is 5.91 Å². The zero-order chi connectivity index (χ0) is 29.1. The summed E-state index contributed by atoms with van der Waals surface area (Å²) in [7, 11) is 0. The Morgan fingerprint density at radius 3 is 2.00 bits per heavy atom. The van der Waals surface area contributed by atoms with Gasteiger partial charge in [-0.1, -0.05) is 155 Å². The first-order chi connectivity index (χ1) is 19.5. The first-order valence-corrected chi connectivity index (χ1v) is 18.5. The van der Waals surface area contributed by atoms with Crippen LogP contribution >= 0.6 is 46.6 Å². The number of nitrogens with zero attached hydrogens (tertiary/aromatic N) is 1. The zero-order valence-corrected chi connectivity index (χ0v) is 29.1. The zero-order valence-electron chi connectivity index (χ0n) is 25.3. The largest absolute Gasteiger partial charge is 0.304 e. The molecule has 0 aromatic rings. The van der Waals surface area contributed by atoms with Crippen molar-refractivity contribution < 1.29 is 4.79 Å². The number of rotatable bonds is 21. The fourth-order valence-corrected chi connectivity index (χ4v) is 9.21. The van der Waals surface area contributed by atoms with Crippen molar-refractivity contribution in [2.75, 3.05) is 11.5 Å². The van der Waals surface area contributed by atoms with Crippen LogP contribution in [0.2, 0.25) is 0 Å². The number of unbranched alkanes of at least 4 members (excludes halogenated alkanes) is 8. The van der Waals surface area contributed by atoms with E-state index >= 15 is 0 Å². The highest BCUT2D eigenvalue weighted by Crippen LogP contribution is 2.49. The third-order valence-corrected chi connectivity index (χ3v) is 11.8. The molecule has 0 fully saturated rings. The number of alkyl halides is 1. The number of halogens is 1. The van der Waals surface area contributed by atoms with Crippen LogP contribution in [0.1, 0.15) is 104 Å². The maximum absolute atomic E-state index is 13.6. The van der Waals surface area contributed by atoms with Crippen molar-refractivity contribution in [3.8, 4) is 0 Å². The van der Waals surface area contributed by atoms with Crippen molar-refractivity contribution >= 4 is 58.0 Å². The third-order valence-electron chi connectivity index (χ3n) is 8.14. The lowest BCUT2D eigenvalue weighted by atomic mass is 9.68. The van der Waals surface area contributed by atoms with Crippen LogP contribution in [-0.2, 0) is 4.79 Å². The average molecular weight is 696 g/mol. The number of carbonyl (C=O) groups is 1. The lowest BCUT2D eigenvalue weighted by Gasteiger charge is -2.51. The van der Waals surface area contributed by atoms with Gasteiger partial charge in [-0.05, 0) is 67.8 Å². The summed E-state index contributed by atoms with van der Waals surface area (Å²) < 4.78 is -0.156. The van der Waals surface area contributed by atoms with E-state index in [4.69, 9.17) is 12.2 Å². The minimum absolute atomic E-state index is 0.0167. The van der Waals surface area contributed by atoms with E-state index in [1.165, 1.54) is 69.3 Å². The van der Waals surface area contributed by atoms with Crippen molar-refractivity contribution in [2.24, 2.45) is 17.8 Å².